The topological polar surface area (TPSA) is 80.8 Å². The van der Waals surface area contributed by atoms with Crippen LogP contribution in [0, 0.1) is 0 Å². The summed E-state index contributed by atoms with van der Waals surface area (Å²) in [7, 11) is 1.55. The molecule has 1 aliphatic rings. The summed E-state index contributed by atoms with van der Waals surface area (Å²) in [4.78, 5) is 31.1. The average molecular weight is 321 g/mol. The fourth-order valence-corrected chi connectivity index (χ4v) is 2.38. The van der Waals surface area contributed by atoms with E-state index in [1.807, 2.05) is 6.92 Å². The van der Waals surface area contributed by atoms with Crippen molar-refractivity contribution in [3.8, 4) is 5.75 Å². The number of unbranched alkanes of at least 4 members (excludes halogenated alkanes) is 1. The molecule has 0 radical (unpaired) electrons. The van der Waals surface area contributed by atoms with Crippen LogP contribution in [0.15, 0.2) is 18.3 Å². The van der Waals surface area contributed by atoms with E-state index in [4.69, 9.17) is 9.47 Å². The number of pyridine rings is 1. The van der Waals surface area contributed by atoms with Crippen molar-refractivity contribution in [2.45, 2.75) is 32.3 Å². The molecule has 0 aliphatic carbocycles. The number of carbonyl (C=O) groups is 2. The number of nitrogens with zero attached hydrogens (tertiary/aromatic N) is 2. The molecule has 2 amide bonds. The van der Waals surface area contributed by atoms with Crippen molar-refractivity contribution < 1.29 is 19.1 Å². The van der Waals surface area contributed by atoms with Crippen LogP contribution in [0.25, 0.3) is 0 Å². The first-order chi connectivity index (χ1) is 11.0. The van der Waals surface area contributed by atoms with E-state index >= 15 is 0 Å². The number of fused-ring (bicyclic) bond motifs is 1. The van der Waals surface area contributed by atoms with Gasteiger partial charge in [0.25, 0.3) is 17.4 Å². The number of carbonyl (C=O) groups excluding carboxylic acids is 2. The fourth-order valence-electron chi connectivity index (χ4n) is 2.38. The van der Waals surface area contributed by atoms with Gasteiger partial charge in [-0.25, -0.2) is 4.98 Å². The number of aromatic nitrogens is 1. The average Bonchev–Trinajstić information content (AvgIpc) is 2.55. The van der Waals surface area contributed by atoms with Gasteiger partial charge in [-0.1, -0.05) is 13.3 Å². The lowest BCUT2D eigenvalue weighted by molar-refractivity contribution is -0.148. The number of amides is 2. The molecular formula is C16H23N3O4. The fraction of sp³-hybridized carbons (Fsp3) is 0.562. The number of anilines is 1. The van der Waals surface area contributed by atoms with E-state index in [9.17, 15) is 9.59 Å². The molecule has 1 aromatic rings. The van der Waals surface area contributed by atoms with Crippen LogP contribution in [0.5, 0.6) is 5.75 Å². The smallest absolute Gasteiger partial charge is 0.282 e. The van der Waals surface area contributed by atoms with Gasteiger partial charge >= 0.3 is 0 Å². The zero-order valence-corrected chi connectivity index (χ0v) is 13.8. The Bertz CT molecular complexity index is 578. The van der Waals surface area contributed by atoms with E-state index < -0.39 is 17.4 Å². The van der Waals surface area contributed by atoms with Crippen LogP contribution in [0.1, 0.15) is 26.7 Å². The monoisotopic (exact) mass is 321 g/mol. The summed E-state index contributed by atoms with van der Waals surface area (Å²) < 4.78 is 10.6. The molecule has 0 saturated carbocycles. The predicted molar refractivity (Wildman–Crippen MR) is 85.4 cm³/mol. The molecule has 7 heteroatoms. The summed E-state index contributed by atoms with van der Waals surface area (Å²) in [5, 5.41) is 2.67. The molecule has 1 N–H and O–H groups in total. The first-order valence-corrected chi connectivity index (χ1v) is 7.77. The summed E-state index contributed by atoms with van der Waals surface area (Å²) in [6, 6.07) is 3.43. The molecule has 0 fully saturated rings. The molecule has 0 spiro atoms. The predicted octanol–water partition coefficient (Wildman–Crippen LogP) is 1.13. The Balaban J connectivity index is 2.28. The second-order valence-electron chi connectivity index (χ2n) is 5.52. The molecule has 0 unspecified atom stereocenters. The van der Waals surface area contributed by atoms with E-state index in [0.29, 0.717) is 31.3 Å². The van der Waals surface area contributed by atoms with Crippen LogP contribution in [0.3, 0.4) is 0 Å². The van der Waals surface area contributed by atoms with Crippen LogP contribution in [-0.2, 0) is 14.3 Å². The number of methoxy groups -OCH3 is 1. The third kappa shape index (κ3) is 3.44. The van der Waals surface area contributed by atoms with Gasteiger partial charge in [0.2, 0.25) is 0 Å². The normalized spacial score (nSPS) is 20.0. The first-order valence-electron chi connectivity index (χ1n) is 7.77. The van der Waals surface area contributed by atoms with Gasteiger partial charge < -0.3 is 14.8 Å². The molecular weight excluding hydrogens is 298 g/mol. The third-order valence-electron chi connectivity index (χ3n) is 3.73. The van der Waals surface area contributed by atoms with E-state index in [2.05, 4.69) is 10.3 Å². The lowest BCUT2D eigenvalue weighted by Crippen LogP contribution is -2.62. The summed E-state index contributed by atoms with van der Waals surface area (Å²) in [5.74, 6) is 0.0309. The number of hydrogen-bond acceptors (Lipinski definition) is 5. The Kier molecular flexibility index (Phi) is 5.54. The second kappa shape index (κ2) is 7.41. The van der Waals surface area contributed by atoms with Crippen LogP contribution < -0.4 is 15.0 Å². The molecule has 126 valence electrons. The zero-order chi connectivity index (χ0) is 16.9. The zero-order valence-electron chi connectivity index (χ0n) is 13.8. The summed E-state index contributed by atoms with van der Waals surface area (Å²) in [5.41, 5.74) is -1.60. The molecule has 0 saturated heterocycles. The molecule has 0 aromatic carbocycles. The third-order valence-corrected chi connectivity index (χ3v) is 3.73. The van der Waals surface area contributed by atoms with Gasteiger partial charge in [0.1, 0.15) is 0 Å². The first kappa shape index (κ1) is 17.2. The maximum absolute atomic E-state index is 12.9. The van der Waals surface area contributed by atoms with Crippen LogP contribution in [-0.4, -0.2) is 49.2 Å². The maximum Gasteiger partial charge on any atom is 0.282 e. The number of hydrogen-bond donors (Lipinski definition) is 1. The number of nitrogens with one attached hydrogen (secondary N) is 1. The molecule has 2 rings (SSSR count). The highest BCUT2D eigenvalue weighted by Gasteiger charge is 2.50. The Hall–Kier alpha value is -2.15. The van der Waals surface area contributed by atoms with Crippen LogP contribution in [0.2, 0.25) is 0 Å². The summed E-state index contributed by atoms with van der Waals surface area (Å²) >= 11 is 0. The summed E-state index contributed by atoms with van der Waals surface area (Å²) in [6.07, 6.45) is 3.36. The highest BCUT2D eigenvalue weighted by Crippen LogP contribution is 2.36. The Morgan fingerprint density at radius 3 is 3.00 bits per heavy atom. The van der Waals surface area contributed by atoms with E-state index in [1.54, 1.807) is 25.4 Å². The van der Waals surface area contributed by atoms with Crippen molar-refractivity contribution in [2.24, 2.45) is 0 Å². The quantitative estimate of drug-likeness (QED) is 0.601. The molecule has 23 heavy (non-hydrogen) atoms. The molecule has 7 nitrogen and oxygen atoms in total. The maximum atomic E-state index is 12.9. The standard InChI is InChI=1S/C16H23N3O4/c1-4-5-10-19-13-12(7-6-8-17-13)23-16(2,15(19)21)14(20)18-9-11-22-3/h6-8H,4-5,9-11H2,1-3H3,(H,18,20)/t16-/m1/s1. The Labute approximate surface area is 136 Å². The molecule has 2 heterocycles. The second-order valence-corrected chi connectivity index (χ2v) is 5.52. The minimum atomic E-state index is -1.60. The largest absolute Gasteiger partial charge is 0.464 e. The van der Waals surface area contributed by atoms with E-state index in [0.717, 1.165) is 12.8 Å². The lowest BCUT2D eigenvalue weighted by atomic mass is 10.0. The SMILES string of the molecule is CCCCN1C(=O)[C@@](C)(C(=O)NCCOC)Oc2cccnc21. The van der Waals surface area contributed by atoms with E-state index in [-0.39, 0.29) is 0 Å². The van der Waals surface area contributed by atoms with Gasteiger partial charge in [0.05, 0.1) is 6.61 Å². The van der Waals surface area contributed by atoms with Gasteiger partial charge in [-0.05, 0) is 25.5 Å². The van der Waals surface area contributed by atoms with Crippen LogP contribution >= 0.6 is 0 Å². The number of rotatable bonds is 7. The number of ether oxygens (including phenoxy) is 2. The van der Waals surface area contributed by atoms with Crippen molar-refractivity contribution >= 4 is 17.6 Å². The molecule has 1 aromatic heterocycles. The van der Waals surface area contributed by atoms with Gasteiger partial charge in [-0.2, -0.15) is 0 Å². The van der Waals surface area contributed by atoms with E-state index in [1.165, 1.54) is 11.8 Å². The Morgan fingerprint density at radius 1 is 1.52 bits per heavy atom. The van der Waals surface area contributed by atoms with Gasteiger partial charge in [-0.15, -0.1) is 0 Å². The van der Waals surface area contributed by atoms with Crippen molar-refractivity contribution in [1.82, 2.24) is 10.3 Å². The van der Waals surface area contributed by atoms with Crippen molar-refractivity contribution in [3.05, 3.63) is 18.3 Å². The Morgan fingerprint density at radius 2 is 2.30 bits per heavy atom. The minimum absolute atomic E-state index is 0.316. The molecule has 1 aliphatic heterocycles. The highest BCUT2D eigenvalue weighted by atomic mass is 16.5. The van der Waals surface area contributed by atoms with Crippen molar-refractivity contribution in [2.75, 3.05) is 31.7 Å². The minimum Gasteiger partial charge on any atom is -0.464 e. The van der Waals surface area contributed by atoms with Crippen molar-refractivity contribution in [1.29, 1.82) is 0 Å². The molecule has 0 bridgehead atoms. The summed E-state index contributed by atoms with van der Waals surface area (Å²) in [6.45, 7) is 4.72. The highest BCUT2D eigenvalue weighted by molar-refractivity contribution is 6.16. The lowest BCUT2D eigenvalue weighted by Gasteiger charge is -2.38. The van der Waals surface area contributed by atoms with Gasteiger partial charge in [0.15, 0.2) is 11.6 Å². The van der Waals surface area contributed by atoms with Gasteiger partial charge in [-0.3, -0.25) is 14.5 Å². The van der Waals surface area contributed by atoms with Crippen molar-refractivity contribution in [3.63, 3.8) is 0 Å². The van der Waals surface area contributed by atoms with Crippen LogP contribution in [0.4, 0.5) is 5.82 Å². The molecule has 1 atom stereocenters. The van der Waals surface area contributed by atoms with Gasteiger partial charge in [0, 0.05) is 26.4 Å².